The van der Waals surface area contributed by atoms with Gasteiger partial charge < -0.3 is 4.74 Å². The zero-order valence-electron chi connectivity index (χ0n) is 14.9. The van der Waals surface area contributed by atoms with Crippen molar-refractivity contribution in [2.75, 3.05) is 26.0 Å². The summed E-state index contributed by atoms with van der Waals surface area (Å²) in [4.78, 5) is 2.32. The highest BCUT2D eigenvalue weighted by Crippen LogP contribution is 2.35. The molecular weight excluding hydrogens is 343 g/mol. The molecule has 1 spiro atoms. The average Bonchev–Trinajstić information content (AvgIpc) is 2.53. The summed E-state index contributed by atoms with van der Waals surface area (Å²) in [7, 11) is -3.19. The predicted octanol–water partition coefficient (Wildman–Crippen LogP) is 2.20. The van der Waals surface area contributed by atoms with Crippen molar-refractivity contribution in [1.82, 2.24) is 9.62 Å². The summed E-state index contributed by atoms with van der Waals surface area (Å²) in [5, 5.41) is 0. The van der Waals surface area contributed by atoms with Crippen LogP contribution in [0.3, 0.4) is 0 Å². The van der Waals surface area contributed by atoms with E-state index >= 15 is 0 Å². The van der Waals surface area contributed by atoms with Crippen LogP contribution in [0.1, 0.15) is 36.8 Å². The van der Waals surface area contributed by atoms with Gasteiger partial charge in [0.05, 0.1) is 11.9 Å². The van der Waals surface area contributed by atoms with E-state index in [1.54, 1.807) is 6.07 Å². The number of hydrogen-bond donors (Lipinski definition) is 1. The number of benzene rings is 1. The molecule has 1 aromatic rings. The Kier molecular flexibility index (Phi) is 5.48. The predicted molar refractivity (Wildman–Crippen MR) is 95.3 cm³/mol. The molecule has 2 aliphatic rings. The monoisotopic (exact) mass is 370 g/mol. The Labute approximate surface area is 149 Å². The molecule has 1 N–H and O–H groups in total. The Hall–Kier alpha value is -1.02. The van der Waals surface area contributed by atoms with Crippen LogP contribution in [0.15, 0.2) is 18.2 Å². The quantitative estimate of drug-likeness (QED) is 0.883. The maximum atomic E-state index is 13.7. The Balaban J connectivity index is 1.58. The smallest absolute Gasteiger partial charge is 0.208 e. The summed E-state index contributed by atoms with van der Waals surface area (Å²) in [6.45, 7) is 4.91. The van der Waals surface area contributed by atoms with Crippen LogP contribution in [0, 0.1) is 12.7 Å². The first-order chi connectivity index (χ1) is 11.8. The van der Waals surface area contributed by atoms with Gasteiger partial charge in [-0.05, 0) is 49.8 Å². The van der Waals surface area contributed by atoms with Crippen molar-refractivity contribution in [3.05, 3.63) is 35.1 Å². The van der Waals surface area contributed by atoms with Gasteiger partial charge in [-0.25, -0.2) is 17.5 Å². The molecule has 0 unspecified atom stereocenters. The standard InChI is InChI=1S/C18H27FN2O3S/c1-14-15(4-3-5-17(14)19)13-21-9-7-18(8-10-21)12-16(6-11-24-18)20-25(2,22)23/h3-5,16,20H,6-13H2,1-2H3/t16-/m1/s1. The van der Waals surface area contributed by atoms with E-state index in [1.807, 2.05) is 13.0 Å². The van der Waals surface area contributed by atoms with Gasteiger partial charge in [0.25, 0.3) is 0 Å². The molecule has 0 aliphatic carbocycles. The number of sulfonamides is 1. The minimum Gasteiger partial charge on any atom is -0.375 e. The van der Waals surface area contributed by atoms with Gasteiger partial charge in [-0.3, -0.25) is 4.90 Å². The molecule has 0 aromatic heterocycles. The van der Waals surface area contributed by atoms with E-state index in [-0.39, 0.29) is 17.5 Å². The molecule has 0 bridgehead atoms. The molecule has 5 nitrogen and oxygen atoms in total. The van der Waals surface area contributed by atoms with Gasteiger partial charge >= 0.3 is 0 Å². The topological polar surface area (TPSA) is 58.6 Å². The molecule has 1 aromatic carbocycles. The highest BCUT2D eigenvalue weighted by atomic mass is 32.2. The molecule has 2 fully saturated rings. The molecule has 1 atom stereocenters. The third-order valence-corrected chi connectivity index (χ3v) is 6.18. The Morgan fingerprint density at radius 1 is 1.36 bits per heavy atom. The van der Waals surface area contributed by atoms with Gasteiger partial charge in [0.2, 0.25) is 10.0 Å². The van der Waals surface area contributed by atoms with Crippen LogP contribution in [-0.4, -0.2) is 50.9 Å². The van der Waals surface area contributed by atoms with Gasteiger partial charge in [-0.1, -0.05) is 12.1 Å². The second-order valence-corrected chi connectivity index (χ2v) is 9.19. The van der Waals surface area contributed by atoms with Crippen LogP contribution in [0.2, 0.25) is 0 Å². The lowest BCUT2D eigenvalue weighted by Crippen LogP contribution is -2.53. The molecule has 2 heterocycles. The maximum Gasteiger partial charge on any atom is 0.208 e. The summed E-state index contributed by atoms with van der Waals surface area (Å²) in [5.41, 5.74) is 1.51. The minimum atomic E-state index is -3.19. The highest BCUT2D eigenvalue weighted by Gasteiger charge is 2.40. The normalized spacial score (nSPS) is 24.5. The first-order valence-corrected chi connectivity index (χ1v) is 10.7. The van der Waals surface area contributed by atoms with E-state index in [0.29, 0.717) is 12.2 Å². The molecule has 3 rings (SSSR count). The third-order valence-electron chi connectivity index (χ3n) is 5.41. The van der Waals surface area contributed by atoms with Crippen molar-refractivity contribution >= 4 is 10.0 Å². The summed E-state index contributed by atoms with van der Waals surface area (Å²) < 4.78 is 45.5. The molecule has 140 valence electrons. The largest absolute Gasteiger partial charge is 0.375 e. The number of likely N-dealkylation sites (tertiary alicyclic amines) is 1. The molecule has 25 heavy (non-hydrogen) atoms. The lowest BCUT2D eigenvalue weighted by Gasteiger charge is -2.46. The second kappa shape index (κ2) is 7.31. The fourth-order valence-electron chi connectivity index (χ4n) is 3.96. The van der Waals surface area contributed by atoms with Crippen molar-refractivity contribution in [2.24, 2.45) is 0 Å². The van der Waals surface area contributed by atoms with Crippen molar-refractivity contribution in [1.29, 1.82) is 0 Å². The summed E-state index contributed by atoms with van der Waals surface area (Å²) in [6, 6.07) is 5.19. The van der Waals surface area contributed by atoms with Crippen LogP contribution in [0.25, 0.3) is 0 Å². The van der Waals surface area contributed by atoms with Crippen molar-refractivity contribution < 1.29 is 17.5 Å². The fourth-order valence-corrected chi connectivity index (χ4v) is 4.77. The van der Waals surface area contributed by atoms with Gasteiger partial charge in [0.1, 0.15) is 5.82 Å². The van der Waals surface area contributed by atoms with E-state index < -0.39 is 10.0 Å². The van der Waals surface area contributed by atoms with Crippen molar-refractivity contribution in [3.63, 3.8) is 0 Å². The summed E-state index contributed by atoms with van der Waals surface area (Å²) >= 11 is 0. The lowest BCUT2D eigenvalue weighted by molar-refractivity contribution is -0.118. The van der Waals surface area contributed by atoms with Gasteiger partial charge in [0.15, 0.2) is 0 Å². The number of ether oxygens (including phenoxy) is 1. The molecule has 7 heteroatoms. The Bertz CT molecular complexity index is 715. The number of piperidine rings is 1. The fraction of sp³-hybridized carbons (Fsp3) is 0.667. The average molecular weight is 370 g/mol. The van der Waals surface area contributed by atoms with E-state index in [2.05, 4.69) is 9.62 Å². The highest BCUT2D eigenvalue weighted by molar-refractivity contribution is 7.88. The molecule has 0 saturated carbocycles. The zero-order valence-corrected chi connectivity index (χ0v) is 15.7. The number of nitrogens with zero attached hydrogens (tertiary/aromatic N) is 1. The first-order valence-electron chi connectivity index (χ1n) is 8.84. The van der Waals surface area contributed by atoms with Crippen LogP contribution < -0.4 is 4.72 Å². The molecule has 2 aliphatic heterocycles. The molecule has 0 radical (unpaired) electrons. The molecular formula is C18H27FN2O3S. The first kappa shape index (κ1) is 18.8. The van der Waals surface area contributed by atoms with E-state index in [4.69, 9.17) is 4.74 Å². The van der Waals surface area contributed by atoms with Crippen molar-refractivity contribution in [2.45, 2.75) is 50.8 Å². The summed E-state index contributed by atoms with van der Waals surface area (Å²) in [5.74, 6) is -0.156. The maximum absolute atomic E-state index is 13.7. The second-order valence-electron chi connectivity index (χ2n) is 7.41. The summed E-state index contributed by atoms with van der Waals surface area (Å²) in [6.07, 6.45) is 4.42. The van der Waals surface area contributed by atoms with E-state index in [1.165, 1.54) is 12.3 Å². The molecule has 2 saturated heterocycles. The van der Waals surface area contributed by atoms with Gasteiger partial charge in [-0.2, -0.15) is 0 Å². The van der Waals surface area contributed by atoms with Crippen LogP contribution in [-0.2, 0) is 21.3 Å². The molecule has 0 amide bonds. The Morgan fingerprint density at radius 3 is 2.76 bits per heavy atom. The van der Waals surface area contributed by atoms with Crippen molar-refractivity contribution in [3.8, 4) is 0 Å². The third kappa shape index (κ3) is 4.78. The van der Waals surface area contributed by atoms with Crippen LogP contribution in [0.5, 0.6) is 0 Å². The number of hydrogen-bond acceptors (Lipinski definition) is 4. The SMILES string of the molecule is Cc1c(F)cccc1CN1CCC2(CC1)C[C@H](NS(C)(=O)=O)CCO2. The Morgan fingerprint density at radius 2 is 2.08 bits per heavy atom. The number of halogens is 1. The minimum absolute atomic E-state index is 0.0410. The van der Waals surface area contributed by atoms with Crippen LogP contribution >= 0.6 is 0 Å². The number of rotatable bonds is 4. The number of nitrogens with one attached hydrogen (secondary N) is 1. The van der Waals surface area contributed by atoms with Gasteiger partial charge in [0, 0.05) is 32.3 Å². The zero-order chi connectivity index (χ0) is 18.1. The lowest BCUT2D eigenvalue weighted by atomic mass is 9.82. The van der Waals surface area contributed by atoms with Crippen LogP contribution in [0.4, 0.5) is 4.39 Å². The van der Waals surface area contributed by atoms with E-state index in [9.17, 15) is 12.8 Å². The van der Waals surface area contributed by atoms with Gasteiger partial charge in [-0.15, -0.1) is 0 Å². The van der Waals surface area contributed by atoms with E-state index in [0.717, 1.165) is 50.9 Å².